The topological polar surface area (TPSA) is 8.72 Å². The van der Waals surface area contributed by atoms with E-state index in [-0.39, 0.29) is 12.1 Å². The number of rotatable bonds is 0. The first kappa shape index (κ1) is 8.08. The van der Waals surface area contributed by atoms with Gasteiger partial charge >= 0.3 is 0 Å². The molecular formula is C9H14N2+2. The zero-order chi connectivity index (χ0) is 8.27. The van der Waals surface area contributed by atoms with Crippen LogP contribution in [0.2, 0.25) is 0 Å². The molecule has 2 unspecified atom stereocenters. The van der Waals surface area contributed by atoms with Gasteiger partial charge in [-0.25, -0.2) is 0 Å². The number of nitrogens with zero attached hydrogens (tertiary/aromatic N) is 2. The Bertz CT molecular complexity index is 187. The predicted octanol–water partition coefficient (Wildman–Crippen LogP) is 2.47. The molecule has 0 N–H and O–H groups in total. The van der Waals surface area contributed by atoms with Crippen LogP contribution in [0.5, 0.6) is 0 Å². The molecule has 0 aromatic heterocycles. The summed E-state index contributed by atoms with van der Waals surface area (Å²) in [5, 5.41) is 0. The van der Waals surface area contributed by atoms with Gasteiger partial charge in [0.1, 0.15) is 5.92 Å². The average molecular weight is 150 g/mol. The average Bonchev–Trinajstić information content (AvgIpc) is 2.05. The molecule has 0 amide bonds. The lowest BCUT2D eigenvalue weighted by Crippen LogP contribution is -2.29. The molecule has 2 nitrogen and oxygen atoms in total. The molecule has 0 bridgehead atoms. The molecular weight excluding hydrogens is 136 g/mol. The Labute approximate surface area is 67.9 Å². The second kappa shape index (κ2) is 3.39. The van der Waals surface area contributed by atoms with Crippen molar-refractivity contribution >= 4 is 0 Å². The summed E-state index contributed by atoms with van der Waals surface area (Å²) in [6.45, 7) is 12.6. The van der Waals surface area contributed by atoms with Crippen molar-refractivity contribution < 1.29 is 0 Å². The Morgan fingerprint density at radius 3 is 1.91 bits per heavy atom. The van der Waals surface area contributed by atoms with Crippen LogP contribution >= 0.6 is 0 Å². The minimum absolute atomic E-state index is 0.265. The van der Waals surface area contributed by atoms with Gasteiger partial charge in [0.15, 0.2) is 0 Å². The molecule has 1 saturated carbocycles. The second-order valence-corrected chi connectivity index (χ2v) is 3.22. The van der Waals surface area contributed by atoms with E-state index in [4.69, 9.17) is 13.1 Å². The SMILES string of the molecule is C#[N+]C1CCCC([N+]#C)C1C. The van der Waals surface area contributed by atoms with E-state index in [0.717, 1.165) is 19.3 Å². The van der Waals surface area contributed by atoms with Crippen molar-refractivity contribution in [2.75, 3.05) is 0 Å². The fourth-order valence-electron chi connectivity index (χ4n) is 1.74. The molecule has 0 spiro atoms. The molecule has 0 radical (unpaired) electrons. The van der Waals surface area contributed by atoms with Crippen LogP contribution in [0.3, 0.4) is 0 Å². The Hall–Kier alpha value is -1.02. The van der Waals surface area contributed by atoms with Crippen LogP contribution in [0, 0.1) is 19.1 Å². The highest BCUT2D eigenvalue weighted by Crippen LogP contribution is 2.28. The molecule has 58 valence electrons. The van der Waals surface area contributed by atoms with Gasteiger partial charge in [0.2, 0.25) is 0 Å². The van der Waals surface area contributed by atoms with Gasteiger partial charge in [-0.3, -0.25) is 0 Å². The molecule has 11 heavy (non-hydrogen) atoms. The van der Waals surface area contributed by atoms with Gasteiger partial charge < -0.3 is 0 Å². The Morgan fingerprint density at radius 1 is 1.09 bits per heavy atom. The van der Waals surface area contributed by atoms with E-state index in [1.807, 2.05) is 0 Å². The molecule has 1 aliphatic carbocycles. The first-order valence-corrected chi connectivity index (χ1v) is 4.09. The fraction of sp³-hybridized carbons (Fsp3) is 0.778. The molecule has 0 aromatic carbocycles. The molecule has 2 heteroatoms. The van der Waals surface area contributed by atoms with Crippen LogP contribution in [0.25, 0.3) is 9.69 Å². The van der Waals surface area contributed by atoms with E-state index in [9.17, 15) is 0 Å². The highest BCUT2D eigenvalue weighted by molar-refractivity contribution is 5.00. The minimum Gasteiger partial charge on any atom is -0.0830 e. The van der Waals surface area contributed by atoms with E-state index in [2.05, 4.69) is 16.6 Å². The maximum atomic E-state index is 5.25. The summed E-state index contributed by atoms with van der Waals surface area (Å²) in [6, 6.07) is 0.530. The molecule has 0 aliphatic heterocycles. The van der Waals surface area contributed by atoms with Crippen molar-refractivity contribution in [3.8, 4) is 13.1 Å². The van der Waals surface area contributed by atoms with Crippen LogP contribution in [-0.2, 0) is 0 Å². The van der Waals surface area contributed by atoms with Gasteiger partial charge in [-0.2, -0.15) is 0 Å². The van der Waals surface area contributed by atoms with Crippen molar-refractivity contribution in [3.63, 3.8) is 0 Å². The quantitative estimate of drug-likeness (QED) is 0.501. The molecule has 1 rings (SSSR count). The maximum Gasteiger partial charge on any atom is 0.282 e. The van der Waals surface area contributed by atoms with Gasteiger partial charge in [0.05, 0.1) is 0 Å². The van der Waals surface area contributed by atoms with E-state index in [1.54, 1.807) is 0 Å². The standard InChI is InChI=1S/C9H14N2/c1-7-8(10-2)5-4-6-9(7)11-3/h2-3,7-9H,4-6H2,1H3/q+2. The monoisotopic (exact) mass is 150 g/mol. The molecule has 1 fully saturated rings. The van der Waals surface area contributed by atoms with E-state index in [1.165, 1.54) is 0 Å². The summed E-state index contributed by atoms with van der Waals surface area (Å²) >= 11 is 0. The van der Waals surface area contributed by atoms with Gasteiger partial charge in [-0.15, -0.1) is 0 Å². The largest absolute Gasteiger partial charge is 0.282 e. The smallest absolute Gasteiger partial charge is 0.0830 e. The Morgan fingerprint density at radius 2 is 1.55 bits per heavy atom. The summed E-state index contributed by atoms with van der Waals surface area (Å²) < 4.78 is 0. The van der Waals surface area contributed by atoms with E-state index < -0.39 is 0 Å². The maximum absolute atomic E-state index is 5.25. The fourth-order valence-corrected chi connectivity index (χ4v) is 1.74. The molecule has 1 aliphatic rings. The molecule has 0 aromatic rings. The van der Waals surface area contributed by atoms with Gasteiger partial charge in [0, 0.05) is 12.8 Å². The third-order valence-corrected chi connectivity index (χ3v) is 2.60. The van der Waals surface area contributed by atoms with Crippen LogP contribution in [0.4, 0.5) is 0 Å². The predicted molar refractivity (Wildman–Crippen MR) is 47.2 cm³/mol. The summed E-state index contributed by atoms with van der Waals surface area (Å²) in [5.74, 6) is 0.416. The van der Waals surface area contributed by atoms with Crippen LogP contribution in [0.15, 0.2) is 0 Å². The third-order valence-electron chi connectivity index (χ3n) is 2.60. The van der Waals surface area contributed by atoms with E-state index >= 15 is 0 Å². The zero-order valence-electron chi connectivity index (χ0n) is 6.90. The van der Waals surface area contributed by atoms with Gasteiger partial charge in [-0.05, 0) is 13.3 Å². The minimum atomic E-state index is 0.265. The molecule has 0 saturated heterocycles. The lowest BCUT2D eigenvalue weighted by atomic mass is 9.82. The van der Waals surface area contributed by atoms with Crippen molar-refractivity contribution in [3.05, 3.63) is 9.69 Å². The number of hydrogen-bond donors (Lipinski definition) is 0. The van der Waals surface area contributed by atoms with Crippen LogP contribution in [0.1, 0.15) is 26.2 Å². The zero-order valence-corrected chi connectivity index (χ0v) is 6.90. The van der Waals surface area contributed by atoms with Crippen molar-refractivity contribution in [1.82, 2.24) is 0 Å². The highest BCUT2D eigenvalue weighted by Gasteiger charge is 2.41. The summed E-state index contributed by atoms with van der Waals surface area (Å²) in [6.07, 6.45) is 3.31. The highest BCUT2D eigenvalue weighted by atomic mass is 14.8. The van der Waals surface area contributed by atoms with Gasteiger partial charge in [-0.1, -0.05) is 9.69 Å². The summed E-state index contributed by atoms with van der Waals surface area (Å²) in [5.41, 5.74) is 0. The normalized spacial score (nSPS) is 37.2. The van der Waals surface area contributed by atoms with Crippen molar-refractivity contribution in [1.29, 1.82) is 0 Å². The Balaban J connectivity index is 2.62. The third kappa shape index (κ3) is 1.52. The molecule has 0 heterocycles. The Kier molecular flexibility index (Phi) is 2.49. The summed E-state index contributed by atoms with van der Waals surface area (Å²) in [7, 11) is 0. The summed E-state index contributed by atoms with van der Waals surface area (Å²) in [4.78, 5) is 7.62. The van der Waals surface area contributed by atoms with Gasteiger partial charge in [0.25, 0.3) is 25.2 Å². The van der Waals surface area contributed by atoms with Crippen LogP contribution in [-0.4, -0.2) is 12.1 Å². The first-order chi connectivity index (χ1) is 5.29. The van der Waals surface area contributed by atoms with Crippen molar-refractivity contribution in [2.45, 2.75) is 38.3 Å². The van der Waals surface area contributed by atoms with E-state index in [0.29, 0.717) is 5.92 Å². The van der Waals surface area contributed by atoms with Crippen LogP contribution < -0.4 is 0 Å². The lowest BCUT2D eigenvalue weighted by molar-refractivity contribution is 0.346. The first-order valence-electron chi connectivity index (χ1n) is 4.09. The van der Waals surface area contributed by atoms with Crippen molar-refractivity contribution in [2.24, 2.45) is 5.92 Å². The number of hydrogen-bond acceptors (Lipinski definition) is 0. The second-order valence-electron chi connectivity index (χ2n) is 3.22. The lowest BCUT2D eigenvalue weighted by Gasteiger charge is -2.15. The molecule has 2 atom stereocenters.